The predicted octanol–water partition coefficient (Wildman–Crippen LogP) is 1.32. The van der Waals surface area contributed by atoms with E-state index in [1.165, 1.54) is 0 Å². The molecule has 0 unspecified atom stereocenters. The van der Waals surface area contributed by atoms with Crippen LogP contribution in [0.5, 0.6) is 0 Å². The summed E-state index contributed by atoms with van der Waals surface area (Å²) >= 11 is 3.45. The normalized spacial score (nSPS) is 13.7. The van der Waals surface area contributed by atoms with Gasteiger partial charge in [0.1, 0.15) is 0 Å². The average Bonchev–Trinajstić information content (AvgIpc) is 2.22. The molecule has 90 valence electrons. The number of nitrogens with two attached hydrogens (primary N) is 1. The fourth-order valence-corrected chi connectivity index (χ4v) is 1.59. The molecule has 0 heterocycles. The van der Waals surface area contributed by atoms with Gasteiger partial charge < -0.3 is 11.1 Å². The van der Waals surface area contributed by atoms with E-state index in [9.17, 15) is 4.79 Å². The Morgan fingerprint density at radius 1 is 1.47 bits per heavy atom. The molecular formula is C10H22N2OS2. The fraction of sp³-hybridized carbons (Fsp3) is 0.900. The van der Waals surface area contributed by atoms with Crippen molar-refractivity contribution in [1.82, 2.24) is 5.32 Å². The summed E-state index contributed by atoms with van der Waals surface area (Å²) in [6.45, 7) is 4.87. The van der Waals surface area contributed by atoms with Crippen LogP contribution in [0.2, 0.25) is 0 Å². The van der Waals surface area contributed by atoms with Crippen molar-refractivity contribution in [2.45, 2.75) is 31.1 Å². The van der Waals surface area contributed by atoms with Crippen molar-refractivity contribution in [2.75, 3.05) is 24.8 Å². The Hall–Kier alpha value is 0.130. The topological polar surface area (TPSA) is 55.1 Å². The van der Waals surface area contributed by atoms with E-state index >= 15 is 0 Å². The largest absolute Gasteiger partial charge is 0.353 e. The average molecular weight is 250 g/mol. The minimum atomic E-state index is -0.366. The molecular weight excluding hydrogens is 228 g/mol. The standard InChI is InChI=1S/C10H22N2OS2/c1-10(2,15-4)7-12-9(13)8(11)5-6-14-3/h8H,5-7,11H2,1-4H3,(H,12,13)/t8-/m1/s1. The SMILES string of the molecule is CSCC[C@@H](N)C(=O)NCC(C)(C)SC. The molecule has 0 aromatic carbocycles. The molecule has 0 saturated heterocycles. The van der Waals surface area contributed by atoms with Crippen molar-refractivity contribution in [3.8, 4) is 0 Å². The van der Waals surface area contributed by atoms with Crippen LogP contribution in [-0.2, 0) is 4.79 Å². The van der Waals surface area contributed by atoms with E-state index in [1.54, 1.807) is 23.5 Å². The Kier molecular flexibility index (Phi) is 7.48. The van der Waals surface area contributed by atoms with Crippen LogP contribution >= 0.6 is 23.5 Å². The van der Waals surface area contributed by atoms with Crippen LogP contribution in [0.4, 0.5) is 0 Å². The lowest BCUT2D eigenvalue weighted by Crippen LogP contribution is -2.45. The molecule has 0 radical (unpaired) electrons. The molecule has 0 fully saturated rings. The zero-order valence-electron chi connectivity index (χ0n) is 10.0. The first-order valence-corrected chi connectivity index (χ1v) is 7.62. The molecule has 0 aromatic rings. The van der Waals surface area contributed by atoms with Crippen molar-refractivity contribution < 1.29 is 4.79 Å². The van der Waals surface area contributed by atoms with E-state index in [4.69, 9.17) is 5.73 Å². The third-order valence-electron chi connectivity index (χ3n) is 2.21. The van der Waals surface area contributed by atoms with Crippen molar-refractivity contribution in [1.29, 1.82) is 0 Å². The van der Waals surface area contributed by atoms with Gasteiger partial charge in [-0.2, -0.15) is 23.5 Å². The number of carbonyl (C=O) groups excluding carboxylic acids is 1. The van der Waals surface area contributed by atoms with E-state index in [-0.39, 0.29) is 16.7 Å². The van der Waals surface area contributed by atoms with Crippen LogP contribution in [0.25, 0.3) is 0 Å². The van der Waals surface area contributed by atoms with E-state index in [0.717, 1.165) is 12.2 Å². The highest BCUT2D eigenvalue weighted by Gasteiger charge is 2.19. The van der Waals surface area contributed by atoms with Gasteiger partial charge in [0.2, 0.25) is 5.91 Å². The predicted molar refractivity (Wildman–Crippen MR) is 71.6 cm³/mol. The van der Waals surface area contributed by atoms with Gasteiger partial charge in [0.05, 0.1) is 6.04 Å². The number of nitrogens with one attached hydrogen (secondary N) is 1. The fourth-order valence-electron chi connectivity index (χ4n) is 0.879. The monoisotopic (exact) mass is 250 g/mol. The van der Waals surface area contributed by atoms with Crippen LogP contribution in [0.15, 0.2) is 0 Å². The number of hydrogen-bond donors (Lipinski definition) is 2. The summed E-state index contributed by atoms with van der Waals surface area (Å²) in [5, 5.41) is 2.89. The van der Waals surface area contributed by atoms with Gasteiger partial charge in [-0.25, -0.2) is 0 Å². The first kappa shape index (κ1) is 15.1. The Labute approximate surface area is 101 Å². The van der Waals surface area contributed by atoms with E-state index in [2.05, 4.69) is 19.2 Å². The van der Waals surface area contributed by atoms with Crippen molar-refractivity contribution >= 4 is 29.4 Å². The Bertz CT molecular complexity index is 198. The first-order chi connectivity index (χ1) is 6.93. The lowest BCUT2D eigenvalue weighted by atomic mass is 10.2. The number of rotatable bonds is 7. The molecule has 3 nitrogen and oxygen atoms in total. The molecule has 0 spiro atoms. The maximum Gasteiger partial charge on any atom is 0.236 e. The van der Waals surface area contributed by atoms with Crippen LogP contribution in [0.3, 0.4) is 0 Å². The van der Waals surface area contributed by atoms with Gasteiger partial charge in [0.15, 0.2) is 0 Å². The van der Waals surface area contributed by atoms with E-state index in [0.29, 0.717) is 6.54 Å². The lowest BCUT2D eigenvalue weighted by Gasteiger charge is -2.23. The Balaban J connectivity index is 3.82. The second-order valence-corrected chi connectivity index (χ2v) is 6.57. The molecule has 0 aliphatic carbocycles. The zero-order chi connectivity index (χ0) is 11.9. The molecule has 1 amide bonds. The molecule has 0 rings (SSSR count). The highest BCUT2D eigenvalue weighted by Crippen LogP contribution is 2.19. The molecule has 0 saturated carbocycles. The second-order valence-electron chi connectivity index (χ2n) is 4.07. The van der Waals surface area contributed by atoms with Crippen LogP contribution in [-0.4, -0.2) is 41.5 Å². The summed E-state index contributed by atoms with van der Waals surface area (Å²) in [5.41, 5.74) is 5.74. The minimum Gasteiger partial charge on any atom is -0.353 e. The maximum atomic E-state index is 11.6. The first-order valence-electron chi connectivity index (χ1n) is 5.00. The summed E-state index contributed by atoms with van der Waals surface area (Å²) in [4.78, 5) is 11.6. The van der Waals surface area contributed by atoms with Gasteiger partial charge in [-0.15, -0.1) is 0 Å². The Morgan fingerprint density at radius 2 is 2.07 bits per heavy atom. The molecule has 0 bridgehead atoms. The highest BCUT2D eigenvalue weighted by molar-refractivity contribution is 8.00. The van der Waals surface area contributed by atoms with Crippen molar-refractivity contribution in [2.24, 2.45) is 5.73 Å². The number of thioether (sulfide) groups is 2. The van der Waals surface area contributed by atoms with Crippen LogP contribution in [0.1, 0.15) is 20.3 Å². The summed E-state index contributed by atoms with van der Waals surface area (Å²) in [7, 11) is 0. The molecule has 0 aliphatic rings. The smallest absolute Gasteiger partial charge is 0.236 e. The lowest BCUT2D eigenvalue weighted by molar-refractivity contribution is -0.122. The summed E-state index contributed by atoms with van der Waals surface area (Å²) in [5.74, 6) is 0.895. The molecule has 3 N–H and O–H groups in total. The molecule has 1 atom stereocenters. The highest BCUT2D eigenvalue weighted by atomic mass is 32.2. The zero-order valence-corrected chi connectivity index (χ0v) is 11.6. The number of amides is 1. The summed E-state index contributed by atoms with van der Waals surface area (Å²) in [6, 6.07) is -0.366. The van der Waals surface area contributed by atoms with Gasteiger partial charge in [0.25, 0.3) is 0 Å². The maximum absolute atomic E-state index is 11.6. The van der Waals surface area contributed by atoms with Crippen LogP contribution < -0.4 is 11.1 Å². The van der Waals surface area contributed by atoms with Gasteiger partial charge >= 0.3 is 0 Å². The quantitative estimate of drug-likeness (QED) is 0.715. The van der Waals surface area contributed by atoms with E-state index < -0.39 is 0 Å². The van der Waals surface area contributed by atoms with E-state index in [1.807, 2.05) is 12.5 Å². The second kappa shape index (κ2) is 7.41. The third-order valence-corrected chi connectivity index (χ3v) is 4.10. The van der Waals surface area contributed by atoms with Gasteiger partial charge in [-0.05, 0) is 38.5 Å². The van der Waals surface area contributed by atoms with Crippen LogP contribution in [0, 0.1) is 0 Å². The summed E-state index contributed by atoms with van der Waals surface area (Å²) < 4.78 is 0.0783. The third kappa shape index (κ3) is 7.09. The molecule has 5 heteroatoms. The molecule has 0 aliphatic heterocycles. The number of carbonyl (C=O) groups is 1. The van der Waals surface area contributed by atoms with Gasteiger partial charge in [0, 0.05) is 11.3 Å². The number of hydrogen-bond acceptors (Lipinski definition) is 4. The Morgan fingerprint density at radius 3 is 2.53 bits per heavy atom. The minimum absolute atomic E-state index is 0.0359. The van der Waals surface area contributed by atoms with Gasteiger partial charge in [-0.3, -0.25) is 4.79 Å². The van der Waals surface area contributed by atoms with Crippen molar-refractivity contribution in [3.63, 3.8) is 0 Å². The molecule has 0 aromatic heterocycles. The summed E-state index contributed by atoms with van der Waals surface area (Å²) in [6.07, 6.45) is 4.80. The molecule has 15 heavy (non-hydrogen) atoms. The van der Waals surface area contributed by atoms with Gasteiger partial charge in [-0.1, -0.05) is 0 Å². The van der Waals surface area contributed by atoms with Crippen molar-refractivity contribution in [3.05, 3.63) is 0 Å².